The molecule has 0 bridgehead atoms. The van der Waals surface area contributed by atoms with Crippen LogP contribution in [0.5, 0.6) is 0 Å². The van der Waals surface area contributed by atoms with E-state index in [9.17, 15) is 17.7 Å². The third-order valence-electron chi connectivity index (χ3n) is 13.6. The number of hydrogen-bond donors (Lipinski definition) is 0. The predicted octanol–water partition coefficient (Wildman–Crippen LogP) is 14.7. The van der Waals surface area contributed by atoms with E-state index in [2.05, 4.69) is 30.2 Å². The number of halogens is 3. The van der Waals surface area contributed by atoms with Crippen LogP contribution in [0.3, 0.4) is 0 Å². The van der Waals surface area contributed by atoms with Gasteiger partial charge in [-0.25, -0.2) is 31.8 Å². The number of aryl methyl sites for hydroxylation is 3. The first kappa shape index (κ1) is 49.0. The molecule has 13 nitrogen and oxygen atoms in total. The summed E-state index contributed by atoms with van der Waals surface area (Å²) in [7, 11) is -4.48. The average molecular weight is 1040 g/mol. The Balaban J connectivity index is 0.825. The lowest BCUT2D eigenvalue weighted by molar-refractivity contribution is 0.0487. The molecule has 0 radical (unpaired) electrons. The molecule has 0 spiro atoms. The van der Waals surface area contributed by atoms with E-state index >= 15 is 0 Å². The van der Waals surface area contributed by atoms with E-state index in [1.807, 2.05) is 91.0 Å². The van der Waals surface area contributed by atoms with Gasteiger partial charge in [-0.1, -0.05) is 36.4 Å². The SMILES string of the molecule is Cc1cc(-c2ncccc2-c2ccc3c(cnn3COP(=O)(OCn3ncc4cc(-c5cccnc5-c5ccc(F)c(C)c5)ccc43)OCn3ncc4cc(-c5cccnc5-c5ccc(F)c(C)c5)ccc43)c2)ccc1F. The number of pyridine rings is 3. The van der Waals surface area contributed by atoms with Gasteiger partial charge >= 0.3 is 7.82 Å². The molecule has 77 heavy (non-hydrogen) atoms. The zero-order valence-corrected chi connectivity index (χ0v) is 42.6. The quantitative estimate of drug-likeness (QED) is 0.0913. The minimum atomic E-state index is -4.48. The van der Waals surface area contributed by atoms with Gasteiger partial charge in [-0.2, -0.15) is 15.3 Å². The van der Waals surface area contributed by atoms with Crippen LogP contribution in [0.25, 0.3) is 99.9 Å². The molecule has 0 aliphatic carbocycles. The van der Waals surface area contributed by atoms with E-state index in [4.69, 9.17) is 13.6 Å². The molecule has 0 atom stereocenters. The highest BCUT2D eigenvalue weighted by atomic mass is 31.2. The summed E-state index contributed by atoms with van der Waals surface area (Å²) in [6.07, 6.45) is 10.2. The van der Waals surface area contributed by atoms with Crippen molar-refractivity contribution >= 4 is 40.5 Å². The molecule has 0 N–H and O–H groups in total. The number of nitrogens with zero attached hydrogens (tertiary/aromatic N) is 9. The second-order valence-corrected chi connectivity index (χ2v) is 20.2. The van der Waals surface area contributed by atoms with Gasteiger partial charge in [0.25, 0.3) is 0 Å². The van der Waals surface area contributed by atoms with Crippen LogP contribution in [0.1, 0.15) is 16.7 Å². The Morgan fingerprint density at radius 1 is 0.403 bits per heavy atom. The first-order chi connectivity index (χ1) is 37.4. The average Bonchev–Trinajstić information content (AvgIpc) is 4.21. The Morgan fingerprint density at radius 3 is 1.00 bits per heavy atom. The Labute approximate surface area is 439 Å². The van der Waals surface area contributed by atoms with Crippen LogP contribution in [0.4, 0.5) is 13.2 Å². The van der Waals surface area contributed by atoms with Crippen LogP contribution in [0.2, 0.25) is 0 Å². The van der Waals surface area contributed by atoms with Crippen molar-refractivity contribution in [3.05, 3.63) is 217 Å². The normalized spacial score (nSPS) is 11.9. The summed E-state index contributed by atoms with van der Waals surface area (Å²) in [5.41, 5.74) is 13.2. The van der Waals surface area contributed by atoms with Gasteiger partial charge in [-0.05, 0) is 163 Å². The molecule has 0 aliphatic heterocycles. The highest BCUT2D eigenvalue weighted by Gasteiger charge is 2.30. The Kier molecular flexibility index (Phi) is 12.9. The summed E-state index contributed by atoms with van der Waals surface area (Å²) < 4.78 is 80.8. The molecule has 0 saturated heterocycles. The largest absolute Gasteiger partial charge is 0.480 e. The summed E-state index contributed by atoms with van der Waals surface area (Å²) in [6, 6.07) is 43.7. The van der Waals surface area contributed by atoms with Crippen LogP contribution in [-0.2, 0) is 38.3 Å². The zero-order valence-electron chi connectivity index (χ0n) is 41.7. The number of phosphoric acid groups is 1. The summed E-state index contributed by atoms with van der Waals surface area (Å²) in [6.45, 7) is 4.21. The molecular weight excluding hydrogens is 999 g/mol. The van der Waals surface area contributed by atoms with Crippen molar-refractivity contribution in [3.63, 3.8) is 0 Å². The maximum Gasteiger partial charge on any atom is 0.480 e. The minimum Gasteiger partial charge on any atom is -0.263 e. The summed E-state index contributed by atoms with van der Waals surface area (Å²) in [5, 5.41) is 16.1. The van der Waals surface area contributed by atoms with Gasteiger partial charge in [-0.3, -0.25) is 28.5 Å². The van der Waals surface area contributed by atoms with E-state index in [1.54, 1.807) is 108 Å². The molecule has 0 amide bonds. The fourth-order valence-corrected chi connectivity index (χ4v) is 10.5. The third kappa shape index (κ3) is 9.71. The molecule has 6 aromatic carbocycles. The fourth-order valence-electron chi connectivity index (χ4n) is 9.54. The molecule has 17 heteroatoms. The molecule has 6 aromatic heterocycles. The third-order valence-corrected chi connectivity index (χ3v) is 14.9. The first-order valence-corrected chi connectivity index (χ1v) is 26.0. The minimum absolute atomic E-state index is 0.288. The van der Waals surface area contributed by atoms with E-state index in [1.165, 1.54) is 18.2 Å². The lowest BCUT2D eigenvalue weighted by Crippen LogP contribution is -2.11. The van der Waals surface area contributed by atoms with Crippen molar-refractivity contribution in [2.45, 2.75) is 41.0 Å². The van der Waals surface area contributed by atoms with Crippen LogP contribution in [-0.4, -0.2) is 44.3 Å². The second kappa shape index (κ2) is 20.3. The number of rotatable bonds is 15. The fraction of sp³-hybridized carbons (Fsp3) is 0.100. The van der Waals surface area contributed by atoms with Gasteiger partial charge in [0.2, 0.25) is 0 Å². The maximum atomic E-state index is 15.0. The van der Waals surface area contributed by atoms with Crippen LogP contribution in [0.15, 0.2) is 183 Å². The predicted molar refractivity (Wildman–Crippen MR) is 290 cm³/mol. The zero-order chi connectivity index (χ0) is 52.8. The molecule has 380 valence electrons. The standard InChI is InChI=1S/C60H45F3N9O4P/c1-37-25-43(10-16-52(37)61)58-49(7-4-22-64-58)40-13-19-55-46(28-40)31-67-70(55)34-74-77(73,75-35-71-56-20-14-41(29-47(56)32-68-71)50-8-5-23-65-59(50)44-11-17-53(62)38(2)26-44)76-36-72-57-21-15-42(30-48(57)33-69-72)51-9-6-24-66-60(51)45-12-18-54(63)39(3)27-45/h4-33H,34-36H2,1-3H3. The number of hydrogen-bond acceptors (Lipinski definition) is 10. The van der Waals surface area contributed by atoms with Crippen LogP contribution < -0.4 is 0 Å². The number of phosphoric ester groups is 1. The Morgan fingerprint density at radius 2 is 0.701 bits per heavy atom. The maximum absolute atomic E-state index is 15.0. The molecule has 12 rings (SSSR count). The van der Waals surface area contributed by atoms with Gasteiger partial charge in [-0.15, -0.1) is 0 Å². The van der Waals surface area contributed by atoms with Crippen molar-refractivity contribution < 1.29 is 31.3 Å². The number of fused-ring (bicyclic) bond motifs is 3. The van der Waals surface area contributed by atoms with Gasteiger partial charge in [0.05, 0.1) is 52.2 Å². The topological polar surface area (TPSA) is 137 Å². The van der Waals surface area contributed by atoms with E-state index in [0.29, 0.717) is 50.3 Å². The van der Waals surface area contributed by atoms with E-state index < -0.39 is 7.82 Å². The van der Waals surface area contributed by atoms with Crippen molar-refractivity contribution in [1.29, 1.82) is 0 Å². The van der Waals surface area contributed by atoms with Gasteiger partial charge < -0.3 is 0 Å². The van der Waals surface area contributed by atoms with Crippen LogP contribution in [0, 0.1) is 38.2 Å². The monoisotopic (exact) mass is 1040 g/mol. The molecule has 0 unspecified atom stereocenters. The number of benzene rings is 6. The first-order valence-electron chi connectivity index (χ1n) is 24.5. The second-order valence-electron chi connectivity index (χ2n) is 18.6. The lowest BCUT2D eigenvalue weighted by Gasteiger charge is -2.19. The smallest absolute Gasteiger partial charge is 0.263 e. The Hall–Kier alpha value is -8.92. The van der Waals surface area contributed by atoms with E-state index in [-0.39, 0.29) is 37.6 Å². The van der Waals surface area contributed by atoms with Gasteiger partial charge in [0.1, 0.15) is 17.5 Å². The van der Waals surface area contributed by atoms with Gasteiger partial charge in [0.15, 0.2) is 20.2 Å². The van der Waals surface area contributed by atoms with Gasteiger partial charge in [0, 0.05) is 68.1 Å². The lowest BCUT2D eigenvalue weighted by atomic mass is 9.97. The summed E-state index contributed by atoms with van der Waals surface area (Å²) >= 11 is 0. The molecule has 0 fully saturated rings. The highest BCUT2D eigenvalue weighted by molar-refractivity contribution is 7.48. The van der Waals surface area contributed by atoms with E-state index in [0.717, 1.165) is 66.2 Å². The summed E-state index contributed by atoms with van der Waals surface area (Å²) in [4.78, 5) is 14.0. The van der Waals surface area contributed by atoms with Crippen molar-refractivity contribution in [2.24, 2.45) is 0 Å². The molecule has 12 aromatic rings. The highest BCUT2D eigenvalue weighted by Crippen LogP contribution is 2.51. The van der Waals surface area contributed by atoms with Crippen LogP contribution >= 0.6 is 7.82 Å². The van der Waals surface area contributed by atoms with Crippen molar-refractivity contribution in [1.82, 2.24) is 44.3 Å². The van der Waals surface area contributed by atoms with Crippen molar-refractivity contribution in [3.8, 4) is 67.2 Å². The molecular formula is C60H45F3N9O4P. The summed E-state index contributed by atoms with van der Waals surface area (Å²) in [5.74, 6) is -0.865. The van der Waals surface area contributed by atoms with Crippen molar-refractivity contribution in [2.75, 3.05) is 0 Å². The number of aromatic nitrogens is 9. The molecule has 6 heterocycles. The molecule has 0 saturated carbocycles. The Bertz CT molecular complexity index is 3860. The molecule has 0 aliphatic rings.